The van der Waals surface area contributed by atoms with Gasteiger partial charge >= 0.3 is 0 Å². The number of carbonyl (C=O) groups excluding carboxylic acids is 1. The molecule has 1 heterocycles. The summed E-state index contributed by atoms with van der Waals surface area (Å²) in [6, 6.07) is 7.82. The summed E-state index contributed by atoms with van der Waals surface area (Å²) in [6.45, 7) is 4.71. The second-order valence-corrected chi connectivity index (χ2v) is 5.07. The van der Waals surface area contributed by atoms with Gasteiger partial charge in [0, 0.05) is 12.2 Å². The molecule has 1 aromatic heterocycles. The van der Waals surface area contributed by atoms with Crippen molar-refractivity contribution in [1.29, 1.82) is 0 Å². The van der Waals surface area contributed by atoms with Gasteiger partial charge in [-0.25, -0.2) is 4.68 Å². The van der Waals surface area contributed by atoms with Gasteiger partial charge in [0.1, 0.15) is 0 Å². The Morgan fingerprint density at radius 2 is 2.15 bits per heavy atom. The fraction of sp³-hybridized carbons (Fsp3) is 0.385. The molecule has 0 spiro atoms. The van der Waals surface area contributed by atoms with Crippen LogP contribution >= 0.6 is 11.8 Å². The van der Waals surface area contributed by atoms with Gasteiger partial charge in [-0.05, 0) is 35.4 Å². The molecule has 1 amide bonds. The van der Waals surface area contributed by atoms with Crippen molar-refractivity contribution < 1.29 is 4.79 Å². The maximum absolute atomic E-state index is 12.0. The van der Waals surface area contributed by atoms with Gasteiger partial charge in [0.05, 0.1) is 5.75 Å². The van der Waals surface area contributed by atoms with Gasteiger partial charge in [0.2, 0.25) is 11.1 Å². The van der Waals surface area contributed by atoms with E-state index < -0.39 is 0 Å². The Balaban J connectivity index is 1.93. The Bertz CT molecular complexity index is 584. The van der Waals surface area contributed by atoms with Gasteiger partial charge in [-0.2, -0.15) is 0 Å². The van der Waals surface area contributed by atoms with Crippen LogP contribution in [0.15, 0.2) is 29.4 Å². The first-order chi connectivity index (χ1) is 9.74. The van der Waals surface area contributed by atoms with E-state index in [-0.39, 0.29) is 5.91 Å². The SMILES string of the molecule is CCc1ccccc1NC(=O)CSc1nnnn1CC. The summed E-state index contributed by atoms with van der Waals surface area (Å²) in [5.74, 6) is 0.236. The van der Waals surface area contributed by atoms with Gasteiger partial charge in [0.15, 0.2) is 0 Å². The zero-order chi connectivity index (χ0) is 14.4. The summed E-state index contributed by atoms with van der Waals surface area (Å²) in [5, 5.41) is 14.9. The quantitative estimate of drug-likeness (QED) is 0.824. The smallest absolute Gasteiger partial charge is 0.234 e. The number of benzene rings is 1. The number of thioether (sulfide) groups is 1. The van der Waals surface area contributed by atoms with Crippen LogP contribution in [0, 0.1) is 0 Å². The van der Waals surface area contributed by atoms with Crippen molar-refractivity contribution in [3.8, 4) is 0 Å². The molecule has 6 nitrogen and oxygen atoms in total. The van der Waals surface area contributed by atoms with E-state index in [1.807, 2.05) is 31.2 Å². The molecule has 2 rings (SSSR count). The first-order valence-corrected chi connectivity index (χ1v) is 7.49. The predicted octanol–water partition coefficient (Wildman–Crippen LogP) is 1.99. The standard InChI is InChI=1S/C13H17N5OS/c1-3-10-7-5-6-8-11(10)14-12(19)9-20-13-15-16-17-18(13)4-2/h5-8H,3-4,9H2,1-2H3,(H,14,19). The van der Waals surface area contributed by atoms with Crippen molar-refractivity contribution in [2.75, 3.05) is 11.1 Å². The van der Waals surface area contributed by atoms with Crippen molar-refractivity contribution in [2.24, 2.45) is 0 Å². The molecule has 0 saturated carbocycles. The summed E-state index contributed by atoms with van der Waals surface area (Å²) >= 11 is 1.33. The number of nitrogens with one attached hydrogen (secondary N) is 1. The monoisotopic (exact) mass is 291 g/mol. The van der Waals surface area contributed by atoms with E-state index in [0.717, 1.165) is 17.7 Å². The highest BCUT2D eigenvalue weighted by Crippen LogP contribution is 2.17. The normalized spacial score (nSPS) is 10.5. The molecule has 7 heteroatoms. The number of para-hydroxylation sites is 1. The number of hydrogen-bond donors (Lipinski definition) is 1. The third kappa shape index (κ3) is 3.57. The summed E-state index contributed by atoms with van der Waals surface area (Å²) in [6.07, 6.45) is 0.887. The minimum atomic E-state index is -0.0541. The van der Waals surface area contributed by atoms with E-state index in [9.17, 15) is 4.79 Å². The Labute approximate surface area is 121 Å². The lowest BCUT2D eigenvalue weighted by atomic mass is 10.1. The van der Waals surface area contributed by atoms with Crippen LogP contribution < -0.4 is 5.32 Å². The fourth-order valence-electron chi connectivity index (χ4n) is 1.77. The molecule has 0 aliphatic carbocycles. The van der Waals surface area contributed by atoms with Gasteiger partial charge in [-0.15, -0.1) is 5.10 Å². The third-order valence-electron chi connectivity index (χ3n) is 2.80. The summed E-state index contributed by atoms with van der Waals surface area (Å²) in [4.78, 5) is 12.0. The number of amides is 1. The van der Waals surface area contributed by atoms with Crippen LogP contribution in [0.2, 0.25) is 0 Å². The highest BCUT2D eigenvalue weighted by atomic mass is 32.2. The molecule has 20 heavy (non-hydrogen) atoms. The first kappa shape index (κ1) is 14.5. The average molecular weight is 291 g/mol. The molecule has 106 valence electrons. The molecule has 0 fully saturated rings. The van der Waals surface area contributed by atoms with Gasteiger partial charge in [-0.3, -0.25) is 4.79 Å². The Morgan fingerprint density at radius 3 is 2.90 bits per heavy atom. The lowest BCUT2D eigenvalue weighted by molar-refractivity contribution is -0.113. The van der Waals surface area contributed by atoms with Crippen molar-refractivity contribution in [2.45, 2.75) is 32.0 Å². The van der Waals surface area contributed by atoms with Crippen molar-refractivity contribution in [3.05, 3.63) is 29.8 Å². The van der Waals surface area contributed by atoms with E-state index in [1.165, 1.54) is 11.8 Å². The van der Waals surface area contributed by atoms with E-state index in [1.54, 1.807) is 4.68 Å². The number of hydrogen-bond acceptors (Lipinski definition) is 5. The minimum absolute atomic E-state index is 0.0541. The van der Waals surface area contributed by atoms with Crippen molar-refractivity contribution in [1.82, 2.24) is 20.2 Å². The lowest BCUT2D eigenvalue weighted by Gasteiger charge is -2.09. The van der Waals surface area contributed by atoms with Gasteiger partial charge < -0.3 is 5.32 Å². The van der Waals surface area contributed by atoms with E-state index in [0.29, 0.717) is 17.5 Å². The van der Waals surface area contributed by atoms with Crippen LogP contribution in [0.4, 0.5) is 5.69 Å². The van der Waals surface area contributed by atoms with E-state index >= 15 is 0 Å². The lowest BCUT2D eigenvalue weighted by Crippen LogP contribution is -2.15. The number of aryl methyl sites for hydroxylation is 2. The molecular weight excluding hydrogens is 274 g/mol. The largest absolute Gasteiger partial charge is 0.325 e. The Morgan fingerprint density at radius 1 is 1.35 bits per heavy atom. The number of tetrazole rings is 1. The number of aromatic nitrogens is 4. The van der Waals surface area contributed by atoms with Crippen LogP contribution in [-0.4, -0.2) is 31.9 Å². The van der Waals surface area contributed by atoms with Crippen LogP contribution in [0.5, 0.6) is 0 Å². The molecule has 0 radical (unpaired) electrons. The minimum Gasteiger partial charge on any atom is -0.325 e. The number of anilines is 1. The fourth-order valence-corrected chi connectivity index (χ4v) is 2.51. The molecule has 1 N–H and O–H groups in total. The van der Waals surface area contributed by atoms with Crippen LogP contribution in [0.25, 0.3) is 0 Å². The predicted molar refractivity (Wildman–Crippen MR) is 78.7 cm³/mol. The number of carbonyl (C=O) groups is 1. The molecule has 0 atom stereocenters. The summed E-state index contributed by atoms with van der Waals surface area (Å²) in [7, 11) is 0. The highest BCUT2D eigenvalue weighted by Gasteiger charge is 2.10. The third-order valence-corrected chi connectivity index (χ3v) is 3.76. The number of nitrogens with zero attached hydrogens (tertiary/aromatic N) is 4. The highest BCUT2D eigenvalue weighted by molar-refractivity contribution is 7.99. The molecule has 1 aromatic carbocycles. The summed E-state index contributed by atoms with van der Waals surface area (Å²) in [5.41, 5.74) is 2.00. The second-order valence-electron chi connectivity index (χ2n) is 4.12. The Kier molecular flexibility index (Phi) is 5.11. The molecular formula is C13H17N5OS. The van der Waals surface area contributed by atoms with Crippen LogP contribution in [0.1, 0.15) is 19.4 Å². The maximum atomic E-state index is 12.0. The topological polar surface area (TPSA) is 72.7 Å². The van der Waals surface area contributed by atoms with Gasteiger partial charge in [-0.1, -0.05) is 36.9 Å². The van der Waals surface area contributed by atoms with Crippen LogP contribution in [0.3, 0.4) is 0 Å². The zero-order valence-electron chi connectivity index (χ0n) is 11.5. The second kappa shape index (κ2) is 7.04. The molecule has 0 saturated heterocycles. The van der Waals surface area contributed by atoms with E-state index in [4.69, 9.17) is 0 Å². The van der Waals surface area contributed by atoms with Crippen molar-refractivity contribution >= 4 is 23.4 Å². The first-order valence-electron chi connectivity index (χ1n) is 6.51. The van der Waals surface area contributed by atoms with Crippen molar-refractivity contribution in [3.63, 3.8) is 0 Å². The molecule has 0 aliphatic rings. The van der Waals surface area contributed by atoms with E-state index in [2.05, 4.69) is 27.8 Å². The van der Waals surface area contributed by atoms with Crippen LogP contribution in [-0.2, 0) is 17.8 Å². The maximum Gasteiger partial charge on any atom is 0.234 e. The van der Waals surface area contributed by atoms with Gasteiger partial charge in [0.25, 0.3) is 0 Å². The molecule has 0 unspecified atom stereocenters. The zero-order valence-corrected chi connectivity index (χ0v) is 12.4. The average Bonchev–Trinajstić information content (AvgIpc) is 2.93. The molecule has 0 aliphatic heterocycles. The Hall–Kier alpha value is -1.89. The molecule has 0 bridgehead atoms. The summed E-state index contributed by atoms with van der Waals surface area (Å²) < 4.78 is 1.66. The number of rotatable bonds is 6. The molecule has 2 aromatic rings.